The van der Waals surface area contributed by atoms with Crippen LogP contribution in [-0.2, 0) is 55.0 Å². The van der Waals surface area contributed by atoms with E-state index in [1.807, 2.05) is 35.4 Å². The minimum absolute atomic E-state index is 0. The molecule has 1 saturated heterocycles. The van der Waals surface area contributed by atoms with E-state index in [0.29, 0.717) is 6.54 Å². The van der Waals surface area contributed by atoms with E-state index in [9.17, 15) is 4.79 Å². The first-order valence-corrected chi connectivity index (χ1v) is 7.17. The SMILES string of the molecule is C=O.[CH3][Al][O]N1C(=O)N2Cc3c(cnn3C)C1C2.[Y]. The number of hydrogen-bond acceptors (Lipinski definition) is 4. The largest absolute Gasteiger partial charge is 0.465 e. The van der Waals surface area contributed by atoms with Crippen molar-refractivity contribution in [2.24, 2.45) is 7.05 Å². The minimum Gasteiger partial charge on any atom is -0.411 e. The zero-order chi connectivity index (χ0) is 13.3. The van der Waals surface area contributed by atoms with Crippen LogP contribution in [0.3, 0.4) is 0 Å². The summed E-state index contributed by atoms with van der Waals surface area (Å²) in [6.45, 7) is 3.36. The molecule has 1 aromatic heterocycles. The van der Waals surface area contributed by atoms with E-state index < -0.39 is 0 Å². The molecule has 1 aromatic rings. The van der Waals surface area contributed by atoms with Gasteiger partial charge in [0.2, 0.25) is 0 Å². The van der Waals surface area contributed by atoms with Crippen LogP contribution in [0.5, 0.6) is 0 Å². The van der Waals surface area contributed by atoms with Gasteiger partial charge in [0, 0.05) is 45.3 Å². The summed E-state index contributed by atoms with van der Waals surface area (Å²) in [5, 5.41) is 5.76. The van der Waals surface area contributed by atoms with Crippen molar-refractivity contribution in [2.75, 3.05) is 6.54 Å². The average molecular weight is 354 g/mol. The molecule has 1 atom stereocenters. The molecule has 2 radical (unpaired) electrons. The van der Waals surface area contributed by atoms with Crippen LogP contribution < -0.4 is 0 Å². The Morgan fingerprint density at radius 3 is 2.84 bits per heavy atom. The Morgan fingerprint density at radius 2 is 2.21 bits per heavy atom. The molecule has 19 heavy (non-hydrogen) atoms. The number of hydrogen-bond donors (Lipinski definition) is 0. The maximum Gasteiger partial charge on any atom is 0.465 e. The maximum absolute atomic E-state index is 12.0. The van der Waals surface area contributed by atoms with Gasteiger partial charge in [-0.15, -0.1) is 0 Å². The predicted molar refractivity (Wildman–Crippen MR) is 63.4 cm³/mol. The van der Waals surface area contributed by atoms with Crippen LogP contribution in [0.2, 0.25) is 5.79 Å². The van der Waals surface area contributed by atoms with Crippen molar-refractivity contribution in [2.45, 2.75) is 18.4 Å². The molecule has 2 bridgehead atoms. The summed E-state index contributed by atoms with van der Waals surface area (Å²) in [6.07, 6.45) is 1.84. The van der Waals surface area contributed by atoms with Crippen LogP contribution in [0, 0.1) is 0 Å². The predicted octanol–water partition coefficient (Wildman–Crippen LogP) is 0.124. The van der Waals surface area contributed by atoms with Gasteiger partial charge >= 0.3 is 21.6 Å². The Labute approximate surface area is 143 Å². The van der Waals surface area contributed by atoms with E-state index >= 15 is 0 Å². The molecule has 3 rings (SSSR count). The average Bonchev–Trinajstić information content (AvgIpc) is 2.88. The Hall–Kier alpha value is -0.254. The number of aryl methyl sites for hydroxylation is 1. The second-order valence-electron chi connectivity index (χ2n) is 4.02. The Bertz CT molecular complexity index is 470. The van der Waals surface area contributed by atoms with Crippen molar-refractivity contribution in [1.29, 1.82) is 0 Å². The molecule has 9 heteroatoms. The van der Waals surface area contributed by atoms with E-state index in [-0.39, 0.29) is 60.3 Å². The van der Waals surface area contributed by atoms with Crippen LogP contribution >= 0.6 is 0 Å². The molecule has 98 valence electrons. The summed E-state index contributed by atoms with van der Waals surface area (Å²) < 4.78 is 7.32. The third-order valence-corrected chi connectivity index (χ3v) is 3.59. The summed E-state index contributed by atoms with van der Waals surface area (Å²) >= 11 is -0.173. The third kappa shape index (κ3) is 2.79. The fraction of sp³-hybridized carbons (Fsp3) is 0.500. The molecule has 7 nitrogen and oxygen atoms in total. The number of amides is 2. The van der Waals surface area contributed by atoms with E-state index in [1.54, 1.807) is 0 Å². The Balaban J connectivity index is 0.000000576. The molecule has 0 saturated carbocycles. The van der Waals surface area contributed by atoms with Gasteiger partial charge < -0.3 is 13.6 Å². The quantitative estimate of drug-likeness (QED) is 0.708. The summed E-state index contributed by atoms with van der Waals surface area (Å²) in [5.74, 6) is 1.97. The first-order valence-electron chi connectivity index (χ1n) is 5.54. The number of fused-ring (bicyclic) bond motifs is 4. The van der Waals surface area contributed by atoms with Gasteiger partial charge in [-0.3, -0.25) is 4.68 Å². The fourth-order valence-corrected chi connectivity index (χ4v) is 2.82. The van der Waals surface area contributed by atoms with E-state index in [1.165, 1.54) is 5.06 Å². The molecule has 0 aliphatic carbocycles. The standard InChI is InChI=1S/C8H9N4O2.CH2O.CH3.Al.Y/c1-10-6-3-11-4-7(5(6)2-9-10)12(14)8(11)13;1-2;;;/h2,7H,3-4H2,1H3;1H2;1H3;;/q-1;;;+1;. The summed E-state index contributed by atoms with van der Waals surface area (Å²) in [7, 11) is 1.91. The number of aromatic nitrogens is 2. The van der Waals surface area contributed by atoms with Crippen molar-refractivity contribution >= 4 is 28.4 Å². The van der Waals surface area contributed by atoms with Gasteiger partial charge in [0.25, 0.3) is 0 Å². The van der Waals surface area contributed by atoms with Crippen molar-refractivity contribution < 1.29 is 46.2 Å². The zero-order valence-corrected chi connectivity index (χ0v) is 14.9. The summed E-state index contributed by atoms with van der Waals surface area (Å²) in [4.78, 5) is 21.8. The molecule has 2 aliphatic rings. The summed E-state index contributed by atoms with van der Waals surface area (Å²) in [5.41, 5.74) is 2.24. The van der Waals surface area contributed by atoms with E-state index in [2.05, 4.69) is 5.10 Å². The second kappa shape index (κ2) is 6.96. The molecule has 1 unspecified atom stereocenters. The Morgan fingerprint density at radius 1 is 1.53 bits per heavy atom. The van der Waals surface area contributed by atoms with Gasteiger partial charge in [0.05, 0.1) is 25.0 Å². The molecule has 0 aromatic carbocycles. The first-order chi connectivity index (χ1) is 8.72. The number of nitrogens with zero attached hydrogens (tertiary/aromatic N) is 4. The number of carbonyl (C=O) groups excluding carboxylic acids is 2. The van der Waals surface area contributed by atoms with Gasteiger partial charge in [-0.2, -0.15) is 5.10 Å². The molecule has 0 N–H and O–H groups in total. The molecular formula is C10H14AlN4O3Y. The van der Waals surface area contributed by atoms with Gasteiger partial charge in [-0.05, 0) is 0 Å². The van der Waals surface area contributed by atoms with Crippen molar-refractivity contribution in [3.8, 4) is 0 Å². The van der Waals surface area contributed by atoms with Gasteiger partial charge in [0.1, 0.15) is 12.8 Å². The van der Waals surface area contributed by atoms with E-state index in [0.717, 1.165) is 17.8 Å². The number of carbonyl (C=O) groups is 2. The van der Waals surface area contributed by atoms with Crippen molar-refractivity contribution in [3.05, 3.63) is 17.5 Å². The van der Waals surface area contributed by atoms with Gasteiger partial charge in [-0.1, -0.05) is 5.79 Å². The van der Waals surface area contributed by atoms with Crippen LogP contribution in [0.4, 0.5) is 4.79 Å². The minimum atomic E-state index is -0.173. The molecule has 0 spiro atoms. The molecule has 2 amide bonds. The zero-order valence-electron chi connectivity index (χ0n) is 10.9. The Kier molecular flexibility index (Phi) is 6.15. The molecular weight excluding hydrogens is 340 g/mol. The number of hydroxylamine groups is 2. The second-order valence-corrected chi connectivity index (χ2v) is 4.70. The smallest absolute Gasteiger partial charge is 0.411 e. The van der Waals surface area contributed by atoms with Crippen LogP contribution in [0.25, 0.3) is 0 Å². The van der Waals surface area contributed by atoms with Crippen LogP contribution in [0.1, 0.15) is 17.3 Å². The number of urea groups is 1. The monoisotopic (exact) mass is 354 g/mol. The first kappa shape index (κ1) is 16.8. The summed E-state index contributed by atoms with van der Waals surface area (Å²) in [6, 6.07) is 0.00736. The van der Waals surface area contributed by atoms with Gasteiger partial charge in [0.15, 0.2) is 0 Å². The van der Waals surface area contributed by atoms with Gasteiger partial charge in [-0.25, -0.2) is 9.86 Å². The van der Waals surface area contributed by atoms with Crippen LogP contribution in [-0.4, -0.2) is 54.7 Å². The molecule has 1 fully saturated rings. The molecule has 3 heterocycles. The van der Waals surface area contributed by atoms with Crippen molar-refractivity contribution in [1.82, 2.24) is 19.7 Å². The fourth-order valence-electron chi connectivity index (χ4n) is 2.36. The van der Waals surface area contributed by atoms with Crippen LogP contribution in [0.15, 0.2) is 6.20 Å². The topological polar surface area (TPSA) is 67.7 Å². The van der Waals surface area contributed by atoms with Crippen molar-refractivity contribution in [3.63, 3.8) is 0 Å². The van der Waals surface area contributed by atoms with E-state index in [4.69, 9.17) is 8.68 Å². The normalized spacial score (nSPS) is 19.3. The number of rotatable bonds is 2. The third-order valence-electron chi connectivity index (χ3n) is 3.15. The maximum atomic E-state index is 12.0. The molecule has 2 aliphatic heterocycles.